The highest BCUT2D eigenvalue weighted by Gasteiger charge is 2.17. The number of nitrogen functional groups attached to an aromatic ring is 1. The molecule has 0 bridgehead atoms. The quantitative estimate of drug-likeness (QED) is 0.795. The van der Waals surface area contributed by atoms with Gasteiger partial charge in [-0.1, -0.05) is 6.92 Å². The number of nitrogens with two attached hydrogens (primary N) is 1. The molecule has 0 saturated carbocycles. The van der Waals surface area contributed by atoms with Crippen LogP contribution in [0.3, 0.4) is 0 Å². The first kappa shape index (κ1) is 13.0. The van der Waals surface area contributed by atoms with Crippen LogP contribution in [0.4, 0.5) is 20.2 Å². The summed E-state index contributed by atoms with van der Waals surface area (Å²) < 4.78 is 26.1. The molecule has 1 heterocycles. The van der Waals surface area contributed by atoms with Gasteiger partial charge in [0.25, 0.3) is 5.91 Å². The van der Waals surface area contributed by atoms with Crippen molar-refractivity contribution < 1.29 is 13.6 Å². The van der Waals surface area contributed by atoms with E-state index in [1.807, 2.05) is 6.92 Å². The Labute approximate surface area is 107 Å². The highest BCUT2D eigenvalue weighted by molar-refractivity contribution is 6.06. The third kappa shape index (κ3) is 2.54. The molecule has 0 radical (unpaired) electrons. The summed E-state index contributed by atoms with van der Waals surface area (Å²) in [6, 6.07) is 2.86. The fraction of sp³-hybridized carbons (Fsp3) is 0.167. The number of carbonyl (C=O) groups excluding carboxylic acids is 1. The Kier molecular flexibility index (Phi) is 3.46. The van der Waals surface area contributed by atoms with Gasteiger partial charge in [0.1, 0.15) is 11.6 Å². The number of hydrogen-bond acceptors (Lipinski definition) is 3. The average Bonchev–Trinajstić information content (AvgIpc) is 2.74. The third-order valence-electron chi connectivity index (χ3n) is 2.63. The molecule has 19 heavy (non-hydrogen) atoms. The highest BCUT2D eigenvalue weighted by atomic mass is 19.1. The number of rotatable bonds is 3. The van der Waals surface area contributed by atoms with Gasteiger partial charge in [-0.05, 0) is 18.6 Å². The number of nitrogens with one attached hydrogen (secondary N) is 2. The first-order chi connectivity index (χ1) is 9.02. The highest BCUT2D eigenvalue weighted by Crippen LogP contribution is 2.19. The number of anilines is 2. The van der Waals surface area contributed by atoms with Gasteiger partial charge in [-0.25, -0.2) is 8.78 Å². The number of nitrogens with zero attached hydrogens (tertiary/aromatic N) is 1. The van der Waals surface area contributed by atoms with Crippen LogP contribution in [0.1, 0.15) is 23.1 Å². The van der Waals surface area contributed by atoms with Gasteiger partial charge in [-0.3, -0.25) is 9.89 Å². The molecule has 0 atom stereocenters. The Morgan fingerprint density at radius 2 is 2.21 bits per heavy atom. The summed E-state index contributed by atoms with van der Waals surface area (Å²) in [5.74, 6) is -2.24. The first-order valence-corrected chi connectivity index (χ1v) is 5.62. The van der Waals surface area contributed by atoms with Crippen molar-refractivity contribution in [2.24, 2.45) is 0 Å². The van der Waals surface area contributed by atoms with Gasteiger partial charge in [-0.15, -0.1) is 0 Å². The number of hydrogen-bond donors (Lipinski definition) is 3. The molecule has 0 aliphatic heterocycles. The van der Waals surface area contributed by atoms with Crippen molar-refractivity contribution in [3.8, 4) is 0 Å². The molecular weight excluding hydrogens is 254 g/mol. The number of halogens is 2. The predicted octanol–water partition coefficient (Wildman–Crippen LogP) is 2.08. The summed E-state index contributed by atoms with van der Waals surface area (Å²) >= 11 is 0. The Hall–Kier alpha value is -2.44. The number of aryl methyl sites for hydroxylation is 1. The van der Waals surface area contributed by atoms with Crippen LogP contribution in [0.5, 0.6) is 0 Å². The van der Waals surface area contributed by atoms with E-state index in [1.54, 1.807) is 0 Å². The van der Waals surface area contributed by atoms with Crippen LogP contribution in [0.15, 0.2) is 18.2 Å². The molecule has 0 aliphatic rings. The summed E-state index contributed by atoms with van der Waals surface area (Å²) in [5, 5.41) is 8.68. The second-order valence-corrected chi connectivity index (χ2v) is 3.90. The van der Waals surface area contributed by atoms with Crippen LogP contribution >= 0.6 is 0 Å². The van der Waals surface area contributed by atoms with Crippen LogP contribution < -0.4 is 11.1 Å². The van der Waals surface area contributed by atoms with Crippen molar-refractivity contribution in [2.75, 3.05) is 11.1 Å². The van der Waals surface area contributed by atoms with Crippen molar-refractivity contribution in [2.45, 2.75) is 13.3 Å². The summed E-state index contributed by atoms with van der Waals surface area (Å²) in [6.07, 6.45) is 0.594. The molecule has 1 amide bonds. The molecule has 0 aliphatic carbocycles. The predicted molar refractivity (Wildman–Crippen MR) is 66.7 cm³/mol. The molecule has 100 valence electrons. The molecule has 4 N–H and O–H groups in total. The average molecular weight is 266 g/mol. The van der Waals surface area contributed by atoms with Gasteiger partial charge >= 0.3 is 0 Å². The maximum absolute atomic E-state index is 13.4. The van der Waals surface area contributed by atoms with E-state index in [-0.39, 0.29) is 17.1 Å². The van der Waals surface area contributed by atoms with E-state index >= 15 is 0 Å². The fourth-order valence-corrected chi connectivity index (χ4v) is 1.60. The van der Waals surface area contributed by atoms with Crippen molar-refractivity contribution in [1.29, 1.82) is 0 Å². The van der Waals surface area contributed by atoms with E-state index < -0.39 is 17.5 Å². The number of carbonyl (C=O) groups is 1. The SMILES string of the molecule is CCc1[nH]nc(C(=O)Nc2ccc(F)cc2F)c1N. The van der Waals surface area contributed by atoms with Gasteiger partial charge in [0.05, 0.1) is 17.1 Å². The van der Waals surface area contributed by atoms with Crippen molar-refractivity contribution >= 4 is 17.3 Å². The van der Waals surface area contributed by atoms with E-state index in [2.05, 4.69) is 15.5 Å². The number of aromatic nitrogens is 2. The molecule has 1 aromatic heterocycles. The van der Waals surface area contributed by atoms with Crippen LogP contribution in [0.2, 0.25) is 0 Å². The maximum atomic E-state index is 13.4. The molecule has 2 rings (SSSR count). The molecule has 1 aromatic carbocycles. The standard InChI is InChI=1S/C12H12F2N4O/c1-2-8-10(15)11(18-17-8)12(19)16-9-4-3-6(13)5-7(9)14/h3-5H,2,15H2,1H3,(H,16,19)(H,17,18). The summed E-state index contributed by atoms with van der Waals surface area (Å²) in [5.41, 5.74) is 6.43. The van der Waals surface area contributed by atoms with Gasteiger partial charge in [0, 0.05) is 6.07 Å². The van der Waals surface area contributed by atoms with Crippen LogP contribution in [-0.2, 0) is 6.42 Å². The van der Waals surface area contributed by atoms with E-state index in [4.69, 9.17) is 5.73 Å². The zero-order chi connectivity index (χ0) is 14.0. The largest absolute Gasteiger partial charge is 0.395 e. The van der Waals surface area contributed by atoms with Gasteiger partial charge in [0.15, 0.2) is 5.69 Å². The minimum absolute atomic E-state index is 0.0134. The lowest BCUT2D eigenvalue weighted by Crippen LogP contribution is -2.15. The fourth-order valence-electron chi connectivity index (χ4n) is 1.60. The number of amides is 1. The Morgan fingerprint density at radius 3 is 2.79 bits per heavy atom. The Balaban J connectivity index is 2.23. The minimum atomic E-state index is -0.863. The van der Waals surface area contributed by atoms with Gasteiger partial charge in [0.2, 0.25) is 0 Å². The molecule has 7 heteroatoms. The molecule has 0 spiro atoms. The lowest BCUT2D eigenvalue weighted by molar-refractivity contribution is 0.102. The second kappa shape index (κ2) is 5.05. The number of benzene rings is 1. The van der Waals surface area contributed by atoms with E-state index in [9.17, 15) is 13.6 Å². The molecule has 5 nitrogen and oxygen atoms in total. The molecular formula is C12H12F2N4O. The normalized spacial score (nSPS) is 10.5. The van der Waals surface area contributed by atoms with E-state index in [0.717, 1.165) is 12.1 Å². The monoisotopic (exact) mass is 266 g/mol. The van der Waals surface area contributed by atoms with Gasteiger partial charge < -0.3 is 11.1 Å². The summed E-state index contributed by atoms with van der Waals surface area (Å²) in [7, 11) is 0. The molecule has 2 aromatic rings. The molecule has 0 fully saturated rings. The maximum Gasteiger partial charge on any atom is 0.278 e. The summed E-state index contributed by atoms with van der Waals surface area (Å²) in [4.78, 5) is 11.9. The van der Waals surface area contributed by atoms with Crippen LogP contribution in [0.25, 0.3) is 0 Å². The van der Waals surface area contributed by atoms with Crippen LogP contribution in [-0.4, -0.2) is 16.1 Å². The number of aromatic amines is 1. The topological polar surface area (TPSA) is 83.8 Å². The smallest absolute Gasteiger partial charge is 0.278 e. The Bertz CT molecular complexity index is 624. The first-order valence-electron chi connectivity index (χ1n) is 5.62. The zero-order valence-electron chi connectivity index (χ0n) is 10.1. The van der Waals surface area contributed by atoms with Crippen molar-refractivity contribution in [3.63, 3.8) is 0 Å². The zero-order valence-corrected chi connectivity index (χ0v) is 10.1. The lowest BCUT2D eigenvalue weighted by Gasteiger charge is -2.05. The number of H-pyrrole nitrogens is 1. The third-order valence-corrected chi connectivity index (χ3v) is 2.63. The minimum Gasteiger partial charge on any atom is -0.395 e. The lowest BCUT2D eigenvalue weighted by atomic mass is 10.2. The molecule has 0 unspecified atom stereocenters. The van der Waals surface area contributed by atoms with E-state index in [0.29, 0.717) is 18.2 Å². The summed E-state index contributed by atoms with van der Waals surface area (Å²) in [6.45, 7) is 1.85. The van der Waals surface area contributed by atoms with E-state index in [1.165, 1.54) is 0 Å². The van der Waals surface area contributed by atoms with Gasteiger partial charge in [-0.2, -0.15) is 5.10 Å². The second-order valence-electron chi connectivity index (χ2n) is 3.90. The van der Waals surface area contributed by atoms with Crippen molar-refractivity contribution in [3.05, 3.63) is 41.2 Å². The Morgan fingerprint density at radius 1 is 1.47 bits per heavy atom. The van der Waals surface area contributed by atoms with Crippen LogP contribution in [0, 0.1) is 11.6 Å². The molecule has 0 saturated heterocycles. The van der Waals surface area contributed by atoms with Crippen molar-refractivity contribution in [1.82, 2.24) is 10.2 Å².